The Morgan fingerprint density at radius 2 is 2.00 bits per heavy atom. The summed E-state index contributed by atoms with van der Waals surface area (Å²) in [7, 11) is 0. The van der Waals surface area contributed by atoms with Crippen molar-refractivity contribution in [3.8, 4) is 0 Å². The van der Waals surface area contributed by atoms with Gasteiger partial charge in [0.15, 0.2) is 0 Å². The second-order valence-electron chi connectivity index (χ2n) is 5.72. The molecular formula is C13H21F3N2O2. The summed E-state index contributed by atoms with van der Waals surface area (Å²) in [4.78, 5) is 13.6. The third-order valence-corrected chi connectivity index (χ3v) is 4.31. The minimum Gasteiger partial charge on any atom is -0.394 e. The van der Waals surface area contributed by atoms with Crippen molar-refractivity contribution in [1.82, 2.24) is 10.2 Å². The van der Waals surface area contributed by atoms with Gasteiger partial charge in [0.1, 0.15) is 0 Å². The van der Waals surface area contributed by atoms with Crippen LogP contribution in [-0.2, 0) is 0 Å². The first-order valence-corrected chi connectivity index (χ1v) is 7.16. The fourth-order valence-corrected chi connectivity index (χ4v) is 3.17. The van der Waals surface area contributed by atoms with Crippen LogP contribution >= 0.6 is 0 Å². The highest BCUT2D eigenvalue weighted by Crippen LogP contribution is 2.37. The van der Waals surface area contributed by atoms with E-state index in [2.05, 4.69) is 5.32 Å². The number of aliphatic hydroxyl groups is 1. The first kappa shape index (κ1) is 15.4. The second-order valence-corrected chi connectivity index (χ2v) is 5.72. The third kappa shape index (κ3) is 3.56. The van der Waals surface area contributed by atoms with Crippen LogP contribution < -0.4 is 5.32 Å². The van der Waals surface area contributed by atoms with Gasteiger partial charge in [-0.15, -0.1) is 0 Å². The monoisotopic (exact) mass is 294 g/mol. The van der Waals surface area contributed by atoms with Gasteiger partial charge >= 0.3 is 12.2 Å². The van der Waals surface area contributed by atoms with E-state index < -0.39 is 18.1 Å². The molecule has 1 aliphatic carbocycles. The highest BCUT2D eigenvalue weighted by atomic mass is 19.4. The maximum absolute atomic E-state index is 12.7. The van der Waals surface area contributed by atoms with E-state index in [9.17, 15) is 18.0 Å². The topological polar surface area (TPSA) is 52.6 Å². The van der Waals surface area contributed by atoms with Crippen molar-refractivity contribution >= 4 is 6.03 Å². The predicted molar refractivity (Wildman–Crippen MR) is 67.1 cm³/mol. The van der Waals surface area contributed by atoms with Gasteiger partial charge in [-0.05, 0) is 32.1 Å². The van der Waals surface area contributed by atoms with E-state index in [1.807, 2.05) is 0 Å². The van der Waals surface area contributed by atoms with Crippen LogP contribution in [0.4, 0.5) is 18.0 Å². The summed E-state index contributed by atoms with van der Waals surface area (Å²) in [6.07, 6.45) is -1.40. The van der Waals surface area contributed by atoms with Crippen LogP contribution in [0.1, 0.15) is 38.5 Å². The average molecular weight is 294 g/mol. The fourth-order valence-electron chi connectivity index (χ4n) is 3.17. The van der Waals surface area contributed by atoms with Crippen molar-refractivity contribution in [2.75, 3.05) is 13.2 Å². The number of hydrogen-bond donors (Lipinski definition) is 2. The number of hydrogen-bond acceptors (Lipinski definition) is 2. The number of carbonyl (C=O) groups is 1. The lowest BCUT2D eigenvalue weighted by Crippen LogP contribution is -2.49. The highest BCUT2D eigenvalue weighted by molar-refractivity contribution is 5.75. The number of aliphatic hydroxyl groups excluding tert-OH is 1. The number of nitrogens with one attached hydrogen (secondary N) is 1. The van der Waals surface area contributed by atoms with Gasteiger partial charge in [0.25, 0.3) is 0 Å². The zero-order valence-corrected chi connectivity index (χ0v) is 11.3. The van der Waals surface area contributed by atoms with Crippen molar-refractivity contribution in [1.29, 1.82) is 0 Å². The predicted octanol–water partition coefficient (Wildman–Crippen LogP) is 2.27. The van der Waals surface area contributed by atoms with E-state index in [-0.39, 0.29) is 31.5 Å². The van der Waals surface area contributed by atoms with Gasteiger partial charge in [-0.1, -0.05) is 6.42 Å². The molecule has 4 nitrogen and oxygen atoms in total. The van der Waals surface area contributed by atoms with Gasteiger partial charge in [0.05, 0.1) is 18.6 Å². The van der Waals surface area contributed by atoms with E-state index in [1.54, 1.807) is 0 Å². The number of nitrogens with zero attached hydrogens (tertiary/aromatic N) is 1. The standard InChI is InChI=1S/C13H21F3N2O2/c14-13(15,16)9-3-1-4-10(7-9)17-12(20)18-6-2-5-11(18)8-19/h9-11,19H,1-8H2,(H,17,20). The number of likely N-dealkylation sites (tertiary alicyclic amines) is 1. The smallest absolute Gasteiger partial charge is 0.391 e. The number of alkyl halides is 3. The molecule has 20 heavy (non-hydrogen) atoms. The summed E-state index contributed by atoms with van der Waals surface area (Å²) in [6.45, 7) is 0.468. The summed E-state index contributed by atoms with van der Waals surface area (Å²) in [6, 6.07) is -0.950. The van der Waals surface area contributed by atoms with Crippen molar-refractivity contribution < 1.29 is 23.1 Å². The second kappa shape index (κ2) is 6.20. The molecule has 2 amide bonds. The maximum Gasteiger partial charge on any atom is 0.391 e. The van der Waals surface area contributed by atoms with Gasteiger partial charge in [0, 0.05) is 12.6 Å². The van der Waals surface area contributed by atoms with Crippen LogP contribution in [0.2, 0.25) is 0 Å². The van der Waals surface area contributed by atoms with Crippen LogP contribution in [0.5, 0.6) is 0 Å². The Morgan fingerprint density at radius 3 is 2.65 bits per heavy atom. The summed E-state index contributed by atoms with van der Waals surface area (Å²) < 4.78 is 38.1. The molecule has 0 aromatic rings. The van der Waals surface area contributed by atoms with Gasteiger partial charge in [0.2, 0.25) is 0 Å². The molecule has 7 heteroatoms. The average Bonchev–Trinajstić information content (AvgIpc) is 2.86. The SMILES string of the molecule is O=C(NC1CCCC(C(F)(F)F)C1)N1CCCC1CO. The molecule has 0 aromatic heterocycles. The van der Waals surface area contributed by atoms with Crippen molar-refractivity contribution in [3.05, 3.63) is 0 Å². The number of rotatable bonds is 2. The molecule has 0 spiro atoms. The Bertz CT molecular complexity index is 349. The van der Waals surface area contributed by atoms with Crippen LogP contribution in [-0.4, -0.2) is 47.4 Å². The maximum atomic E-state index is 12.7. The fraction of sp³-hybridized carbons (Fsp3) is 0.923. The number of amides is 2. The highest BCUT2D eigenvalue weighted by Gasteiger charge is 2.42. The molecule has 116 valence electrons. The Hall–Kier alpha value is -0.980. The molecule has 0 radical (unpaired) electrons. The molecule has 0 bridgehead atoms. The minimum atomic E-state index is -4.18. The summed E-state index contributed by atoms with van der Waals surface area (Å²) >= 11 is 0. The van der Waals surface area contributed by atoms with Gasteiger partial charge in [-0.25, -0.2) is 4.79 Å². The van der Waals surface area contributed by atoms with E-state index in [0.29, 0.717) is 19.4 Å². The molecule has 0 aromatic carbocycles. The van der Waals surface area contributed by atoms with E-state index >= 15 is 0 Å². The van der Waals surface area contributed by atoms with E-state index in [0.717, 1.165) is 12.8 Å². The molecule has 1 aliphatic heterocycles. The van der Waals surface area contributed by atoms with Gasteiger partial charge in [-0.2, -0.15) is 13.2 Å². The Kier molecular flexibility index (Phi) is 4.78. The number of urea groups is 1. The molecular weight excluding hydrogens is 273 g/mol. The molecule has 2 N–H and O–H groups in total. The molecule has 1 heterocycles. The van der Waals surface area contributed by atoms with Crippen LogP contribution in [0.3, 0.4) is 0 Å². The summed E-state index contributed by atoms with van der Waals surface area (Å²) in [5.74, 6) is -1.31. The molecule has 2 fully saturated rings. The van der Waals surface area contributed by atoms with Gasteiger partial charge < -0.3 is 15.3 Å². The lowest BCUT2D eigenvalue weighted by molar-refractivity contribution is -0.183. The van der Waals surface area contributed by atoms with E-state index in [1.165, 1.54) is 4.90 Å². The molecule has 3 unspecified atom stereocenters. The quantitative estimate of drug-likeness (QED) is 0.821. The zero-order chi connectivity index (χ0) is 14.8. The van der Waals surface area contributed by atoms with E-state index in [4.69, 9.17) is 5.11 Å². The first-order chi connectivity index (χ1) is 9.41. The largest absolute Gasteiger partial charge is 0.394 e. The van der Waals surface area contributed by atoms with Crippen LogP contribution in [0.15, 0.2) is 0 Å². The molecule has 1 saturated carbocycles. The Morgan fingerprint density at radius 1 is 1.25 bits per heavy atom. The Balaban J connectivity index is 1.88. The van der Waals surface area contributed by atoms with Crippen molar-refractivity contribution in [2.24, 2.45) is 5.92 Å². The normalized spacial score (nSPS) is 31.4. The first-order valence-electron chi connectivity index (χ1n) is 7.16. The number of carbonyl (C=O) groups excluding carboxylic acids is 1. The molecule has 3 atom stereocenters. The minimum absolute atomic E-state index is 0.0348. The molecule has 2 aliphatic rings. The summed E-state index contributed by atoms with van der Waals surface area (Å²) in [5, 5.41) is 11.9. The van der Waals surface area contributed by atoms with Crippen LogP contribution in [0, 0.1) is 5.92 Å². The number of halogens is 3. The molecule has 1 saturated heterocycles. The van der Waals surface area contributed by atoms with Crippen LogP contribution in [0.25, 0.3) is 0 Å². The summed E-state index contributed by atoms with van der Waals surface area (Å²) in [5.41, 5.74) is 0. The lowest BCUT2D eigenvalue weighted by atomic mass is 9.85. The van der Waals surface area contributed by atoms with Gasteiger partial charge in [-0.3, -0.25) is 0 Å². The molecule has 2 rings (SSSR count). The third-order valence-electron chi connectivity index (χ3n) is 4.31. The zero-order valence-electron chi connectivity index (χ0n) is 11.3. The lowest BCUT2D eigenvalue weighted by Gasteiger charge is -2.33. The van der Waals surface area contributed by atoms with Crippen molar-refractivity contribution in [3.63, 3.8) is 0 Å². The van der Waals surface area contributed by atoms with Crippen molar-refractivity contribution in [2.45, 2.75) is 56.8 Å². The Labute approximate surface area is 116 Å².